The molecule has 1 aliphatic rings. The van der Waals surface area contributed by atoms with Gasteiger partial charge in [-0.2, -0.15) is 0 Å². The molecular weight excluding hydrogens is 367 g/mol. The molecule has 140 valence electrons. The van der Waals surface area contributed by atoms with Gasteiger partial charge < -0.3 is 9.80 Å². The maximum Gasteiger partial charge on any atom is 0.271 e. The van der Waals surface area contributed by atoms with Crippen LogP contribution in [0, 0.1) is 19.7 Å². The lowest BCUT2D eigenvalue weighted by Crippen LogP contribution is -2.50. The number of carbonyl (C=O) groups is 1. The van der Waals surface area contributed by atoms with Crippen LogP contribution in [0.3, 0.4) is 0 Å². The summed E-state index contributed by atoms with van der Waals surface area (Å²) in [5.74, 6) is -0.591. The van der Waals surface area contributed by atoms with Gasteiger partial charge in [-0.15, -0.1) is 11.3 Å². The zero-order valence-corrected chi connectivity index (χ0v) is 15.9. The van der Waals surface area contributed by atoms with E-state index < -0.39 is 0 Å². The Morgan fingerprint density at radius 2 is 1.85 bits per heavy atom. The van der Waals surface area contributed by atoms with Crippen molar-refractivity contribution in [1.29, 1.82) is 0 Å². The first-order valence-electron chi connectivity index (χ1n) is 8.74. The predicted octanol–water partition coefficient (Wildman–Crippen LogP) is 2.47. The number of rotatable bonds is 2. The van der Waals surface area contributed by atoms with E-state index >= 15 is 0 Å². The standard InChI is InChI=1S/C19H19FN4O2S/c1-12-13(2)27-19-21-11-14(18(26)24(12)19)17(25)23-9-7-22(8-10-23)16-6-4-3-5-15(16)20/h3-6,11H,7-10H2,1-2H3. The van der Waals surface area contributed by atoms with Crippen LogP contribution in [-0.2, 0) is 0 Å². The lowest BCUT2D eigenvalue weighted by molar-refractivity contribution is 0.0744. The maximum absolute atomic E-state index is 14.0. The van der Waals surface area contributed by atoms with Gasteiger partial charge in [0.15, 0.2) is 4.96 Å². The lowest BCUT2D eigenvalue weighted by Gasteiger charge is -2.36. The third-order valence-corrected chi connectivity index (χ3v) is 6.08. The van der Waals surface area contributed by atoms with Gasteiger partial charge in [-0.1, -0.05) is 12.1 Å². The van der Waals surface area contributed by atoms with Crippen molar-refractivity contribution in [3.63, 3.8) is 0 Å². The minimum Gasteiger partial charge on any atom is -0.366 e. The van der Waals surface area contributed by atoms with Crippen molar-refractivity contribution in [2.24, 2.45) is 0 Å². The molecule has 0 spiro atoms. The lowest BCUT2D eigenvalue weighted by atomic mass is 10.2. The zero-order valence-electron chi connectivity index (χ0n) is 15.1. The minimum atomic E-state index is -0.330. The highest BCUT2D eigenvalue weighted by Gasteiger charge is 2.26. The van der Waals surface area contributed by atoms with Gasteiger partial charge in [0, 0.05) is 42.9 Å². The smallest absolute Gasteiger partial charge is 0.271 e. The van der Waals surface area contributed by atoms with E-state index in [1.807, 2.05) is 18.7 Å². The monoisotopic (exact) mass is 386 g/mol. The molecule has 3 heterocycles. The number of hydrogen-bond acceptors (Lipinski definition) is 5. The number of aromatic nitrogens is 2. The van der Waals surface area contributed by atoms with Crippen molar-refractivity contribution < 1.29 is 9.18 Å². The summed E-state index contributed by atoms with van der Waals surface area (Å²) in [6, 6.07) is 6.62. The zero-order chi connectivity index (χ0) is 19.1. The summed E-state index contributed by atoms with van der Waals surface area (Å²) in [6.07, 6.45) is 1.37. The Balaban J connectivity index is 1.56. The number of nitrogens with zero attached hydrogens (tertiary/aromatic N) is 4. The van der Waals surface area contributed by atoms with Crippen molar-refractivity contribution in [3.05, 3.63) is 62.8 Å². The number of amides is 1. The predicted molar refractivity (Wildman–Crippen MR) is 103 cm³/mol. The van der Waals surface area contributed by atoms with Crippen molar-refractivity contribution in [1.82, 2.24) is 14.3 Å². The van der Waals surface area contributed by atoms with Crippen LogP contribution in [0.4, 0.5) is 10.1 Å². The molecule has 3 aromatic rings. The number of anilines is 1. The van der Waals surface area contributed by atoms with Crippen molar-refractivity contribution in [2.75, 3.05) is 31.1 Å². The van der Waals surface area contributed by atoms with Crippen LogP contribution >= 0.6 is 11.3 Å². The number of piperazine rings is 1. The van der Waals surface area contributed by atoms with Crippen LogP contribution < -0.4 is 10.5 Å². The molecule has 4 rings (SSSR count). The SMILES string of the molecule is Cc1sc2ncc(C(=O)N3CCN(c4ccccc4F)CC3)c(=O)n2c1C. The van der Waals surface area contributed by atoms with E-state index in [4.69, 9.17) is 0 Å². The first-order chi connectivity index (χ1) is 13.0. The van der Waals surface area contributed by atoms with Crippen LogP contribution in [-0.4, -0.2) is 46.4 Å². The summed E-state index contributed by atoms with van der Waals surface area (Å²) in [5.41, 5.74) is 1.10. The van der Waals surface area contributed by atoms with E-state index in [9.17, 15) is 14.0 Å². The van der Waals surface area contributed by atoms with E-state index in [1.54, 1.807) is 23.1 Å². The average Bonchev–Trinajstić information content (AvgIpc) is 2.97. The molecule has 0 atom stereocenters. The summed E-state index contributed by atoms with van der Waals surface area (Å²) in [4.78, 5) is 35.1. The van der Waals surface area contributed by atoms with Crippen LogP contribution in [0.1, 0.15) is 20.9 Å². The number of carbonyl (C=O) groups excluding carboxylic acids is 1. The number of benzene rings is 1. The van der Waals surface area contributed by atoms with E-state index in [-0.39, 0.29) is 22.8 Å². The Kier molecular flexibility index (Phi) is 4.43. The third-order valence-electron chi connectivity index (χ3n) is 5.01. The second kappa shape index (κ2) is 6.77. The molecule has 0 saturated carbocycles. The summed E-state index contributed by atoms with van der Waals surface area (Å²) < 4.78 is 15.5. The van der Waals surface area contributed by atoms with Crippen LogP contribution in [0.2, 0.25) is 0 Å². The maximum atomic E-state index is 14.0. The molecule has 1 amide bonds. The average molecular weight is 386 g/mol. The van der Waals surface area contributed by atoms with Gasteiger partial charge >= 0.3 is 0 Å². The van der Waals surface area contributed by atoms with E-state index in [2.05, 4.69) is 4.98 Å². The van der Waals surface area contributed by atoms with Gasteiger partial charge in [0.1, 0.15) is 11.4 Å². The second-order valence-electron chi connectivity index (χ2n) is 6.57. The molecule has 0 bridgehead atoms. The Morgan fingerprint density at radius 3 is 2.56 bits per heavy atom. The fourth-order valence-electron chi connectivity index (χ4n) is 3.35. The van der Waals surface area contributed by atoms with Gasteiger partial charge in [-0.3, -0.25) is 14.0 Å². The summed E-state index contributed by atoms with van der Waals surface area (Å²) in [5, 5.41) is 0. The van der Waals surface area contributed by atoms with Gasteiger partial charge in [0.2, 0.25) is 0 Å². The number of aryl methyl sites for hydroxylation is 2. The summed E-state index contributed by atoms with van der Waals surface area (Å²) >= 11 is 1.43. The van der Waals surface area contributed by atoms with Crippen molar-refractivity contribution in [3.8, 4) is 0 Å². The highest BCUT2D eigenvalue weighted by molar-refractivity contribution is 7.17. The number of para-hydroxylation sites is 1. The fraction of sp³-hybridized carbons (Fsp3) is 0.316. The molecule has 0 radical (unpaired) electrons. The largest absolute Gasteiger partial charge is 0.366 e. The normalized spacial score (nSPS) is 14.8. The number of fused-ring (bicyclic) bond motifs is 1. The molecule has 0 aliphatic carbocycles. The molecule has 2 aromatic heterocycles. The first kappa shape index (κ1) is 17.7. The molecule has 8 heteroatoms. The molecule has 1 aromatic carbocycles. The summed E-state index contributed by atoms with van der Waals surface area (Å²) in [6.45, 7) is 5.66. The molecule has 0 unspecified atom stereocenters. The van der Waals surface area contributed by atoms with Gasteiger partial charge in [0.25, 0.3) is 11.5 Å². The fourth-order valence-corrected chi connectivity index (χ4v) is 4.28. The van der Waals surface area contributed by atoms with Crippen molar-refractivity contribution >= 4 is 27.9 Å². The Morgan fingerprint density at radius 1 is 1.15 bits per heavy atom. The van der Waals surface area contributed by atoms with Crippen LogP contribution in [0.5, 0.6) is 0 Å². The topological polar surface area (TPSA) is 57.9 Å². The number of hydrogen-bond donors (Lipinski definition) is 0. The van der Waals surface area contributed by atoms with Gasteiger partial charge in [0.05, 0.1) is 5.69 Å². The highest BCUT2D eigenvalue weighted by atomic mass is 32.1. The highest BCUT2D eigenvalue weighted by Crippen LogP contribution is 2.21. The number of thiazole rings is 1. The second-order valence-corrected chi connectivity index (χ2v) is 7.75. The van der Waals surface area contributed by atoms with Gasteiger partial charge in [-0.25, -0.2) is 9.37 Å². The molecule has 1 aliphatic heterocycles. The Bertz CT molecular complexity index is 1080. The van der Waals surface area contributed by atoms with Crippen LogP contribution in [0.15, 0.2) is 35.3 Å². The molecule has 6 nitrogen and oxygen atoms in total. The Hall–Kier alpha value is -2.74. The molecule has 1 fully saturated rings. The Labute approximate surface area is 159 Å². The van der Waals surface area contributed by atoms with E-state index in [0.717, 1.165) is 10.6 Å². The van der Waals surface area contributed by atoms with Gasteiger partial charge in [-0.05, 0) is 26.0 Å². The van der Waals surface area contributed by atoms with Crippen LogP contribution in [0.25, 0.3) is 4.96 Å². The minimum absolute atomic E-state index is 0.0766. The van der Waals surface area contributed by atoms with E-state index in [0.29, 0.717) is 36.8 Å². The molecule has 0 N–H and O–H groups in total. The molecule has 27 heavy (non-hydrogen) atoms. The van der Waals surface area contributed by atoms with Crippen molar-refractivity contribution in [2.45, 2.75) is 13.8 Å². The van der Waals surface area contributed by atoms with E-state index in [1.165, 1.54) is 28.0 Å². The molecule has 1 saturated heterocycles. The quantitative estimate of drug-likeness (QED) is 0.679. The third kappa shape index (κ3) is 2.99. The number of halogens is 1. The first-order valence-corrected chi connectivity index (χ1v) is 9.55. The summed E-state index contributed by atoms with van der Waals surface area (Å²) in [7, 11) is 0. The molecular formula is C19H19FN4O2S.